The highest BCUT2D eigenvalue weighted by molar-refractivity contribution is 9.10. The quantitative estimate of drug-likeness (QED) is 0.718. The van der Waals surface area contributed by atoms with Crippen molar-refractivity contribution in [2.24, 2.45) is 0 Å². The van der Waals surface area contributed by atoms with E-state index in [-0.39, 0.29) is 5.91 Å². The smallest absolute Gasteiger partial charge is 0.267 e. The average Bonchev–Trinajstić information content (AvgIpc) is 2.77. The normalized spacial score (nSPS) is 10.8. The number of pyridine rings is 1. The second-order valence-electron chi connectivity index (χ2n) is 4.66. The van der Waals surface area contributed by atoms with Crippen LogP contribution in [0.15, 0.2) is 41.1 Å². The lowest BCUT2D eigenvalue weighted by Crippen LogP contribution is -2.12. The minimum Gasteiger partial charge on any atom is -0.397 e. The number of fused-ring (bicyclic) bond motifs is 1. The van der Waals surface area contributed by atoms with Crippen molar-refractivity contribution in [1.82, 2.24) is 4.98 Å². The van der Waals surface area contributed by atoms with Gasteiger partial charge in [0, 0.05) is 20.8 Å². The van der Waals surface area contributed by atoms with Gasteiger partial charge < -0.3 is 11.1 Å². The number of nitrogens with zero attached hydrogens (tertiary/aromatic N) is 1. The van der Waals surface area contributed by atoms with Crippen molar-refractivity contribution in [3.63, 3.8) is 0 Å². The Morgan fingerprint density at radius 1 is 1.38 bits per heavy atom. The lowest BCUT2D eigenvalue weighted by Gasteiger charge is -2.04. The first-order chi connectivity index (χ1) is 10.1. The van der Waals surface area contributed by atoms with Gasteiger partial charge in [-0.05, 0) is 30.7 Å². The van der Waals surface area contributed by atoms with Crippen LogP contribution in [0.25, 0.3) is 10.1 Å². The fourth-order valence-corrected chi connectivity index (χ4v) is 3.86. The van der Waals surface area contributed by atoms with Crippen LogP contribution in [-0.2, 0) is 0 Å². The molecular formula is C15H12BrN3OS. The highest BCUT2D eigenvalue weighted by atomic mass is 79.9. The van der Waals surface area contributed by atoms with E-state index >= 15 is 0 Å². The van der Waals surface area contributed by atoms with Crippen LogP contribution < -0.4 is 11.1 Å². The van der Waals surface area contributed by atoms with Gasteiger partial charge in [0.15, 0.2) is 0 Å². The summed E-state index contributed by atoms with van der Waals surface area (Å²) >= 11 is 4.85. The number of benzene rings is 1. The number of nitrogens with one attached hydrogen (secondary N) is 1. The number of thiophene rings is 1. The molecule has 0 fully saturated rings. The maximum Gasteiger partial charge on any atom is 0.267 e. The van der Waals surface area contributed by atoms with E-state index in [0.29, 0.717) is 16.3 Å². The maximum absolute atomic E-state index is 12.4. The summed E-state index contributed by atoms with van der Waals surface area (Å²) in [6.45, 7) is 1.92. The predicted octanol–water partition coefficient (Wildman–Crippen LogP) is 4.20. The molecule has 0 aliphatic carbocycles. The summed E-state index contributed by atoms with van der Waals surface area (Å²) in [5.41, 5.74) is 8.28. The molecule has 0 aliphatic heterocycles. The zero-order valence-electron chi connectivity index (χ0n) is 11.2. The first-order valence-corrected chi connectivity index (χ1v) is 7.86. The fourth-order valence-electron chi connectivity index (χ4n) is 2.11. The molecule has 4 nitrogen and oxygen atoms in total. The molecule has 0 saturated heterocycles. The third kappa shape index (κ3) is 2.64. The maximum atomic E-state index is 12.4. The molecule has 106 valence electrons. The summed E-state index contributed by atoms with van der Waals surface area (Å²) in [6, 6.07) is 7.66. The monoisotopic (exact) mass is 361 g/mol. The van der Waals surface area contributed by atoms with Crippen molar-refractivity contribution in [2.45, 2.75) is 6.92 Å². The lowest BCUT2D eigenvalue weighted by atomic mass is 10.2. The third-order valence-electron chi connectivity index (χ3n) is 3.04. The fraction of sp³-hybridized carbons (Fsp3) is 0.0667. The highest BCUT2D eigenvalue weighted by Gasteiger charge is 2.18. The Labute approximate surface area is 134 Å². The Morgan fingerprint density at radius 3 is 2.90 bits per heavy atom. The molecule has 2 heterocycles. The standard InChI is InChI=1S/C15H12BrN3OS/c1-8-5-9(7-18-6-8)19-15(20)14-13(17)12-10(16)3-2-4-11(12)21-14/h2-7H,17H2,1H3,(H,19,20). The van der Waals surface area contributed by atoms with E-state index in [9.17, 15) is 4.79 Å². The number of halogens is 1. The highest BCUT2D eigenvalue weighted by Crippen LogP contribution is 2.38. The van der Waals surface area contributed by atoms with Crippen LogP contribution in [0.2, 0.25) is 0 Å². The van der Waals surface area contributed by atoms with Crippen LogP contribution in [0.4, 0.5) is 11.4 Å². The molecule has 0 bridgehead atoms. The number of hydrogen-bond acceptors (Lipinski definition) is 4. The van der Waals surface area contributed by atoms with Crippen molar-refractivity contribution in [2.75, 3.05) is 11.1 Å². The van der Waals surface area contributed by atoms with E-state index in [1.54, 1.807) is 12.4 Å². The molecule has 0 spiro atoms. The first-order valence-electron chi connectivity index (χ1n) is 6.26. The molecule has 0 atom stereocenters. The SMILES string of the molecule is Cc1cncc(NC(=O)c2sc3cccc(Br)c3c2N)c1. The summed E-state index contributed by atoms with van der Waals surface area (Å²) in [7, 11) is 0. The molecule has 3 aromatic rings. The number of amides is 1. The van der Waals surface area contributed by atoms with E-state index in [1.807, 2.05) is 31.2 Å². The minimum atomic E-state index is -0.215. The van der Waals surface area contributed by atoms with Gasteiger partial charge in [0.2, 0.25) is 0 Å². The molecule has 3 rings (SSSR count). The van der Waals surface area contributed by atoms with Gasteiger partial charge >= 0.3 is 0 Å². The molecule has 1 amide bonds. The van der Waals surface area contributed by atoms with E-state index in [1.165, 1.54) is 11.3 Å². The lowest BCUT2D eigenvalue weighted by molar-refractivity contribution is 0.103. The third-order valence-corrected chi connectivity index (χ3v) is 4.87. The zero-order valence-corrected chi connectivity index (χ0v) is 13.6. The Balaban J connectivity index is 1.99. The molecule has 3 N–H and O–H groups in total. The van der Waals surface area contributed by atoms with E-state index < -0.39 is 0 Å². The van der Waals surface area contributed by atoms with Gasteiger partial charge in [-0.25, -0.2) is 0 Å². The van der Waals surface area contributed by atoms with Gasteiger partial charge in [-0.1, -0.05) is 22.0 Å². The summed E-state index contributed by atoms with van der Waals surface area (Å²) < 4.78 is 1.87. The van der Waals surface area contributed by atoms with Gasteiger partial charge in [0.25, 0.3) is 5.91 Å². The van der Waals surface area contributed by atoms with E-state index in [4.69, 9.17) is 5.73 Å². The minimum absolute atomic E-state index is 0.215. The molecule has 0 radical (unpaired) electrons. The van der Waals surface area contributed by atoms with Gasteiger partial charge in [-0.2, -0.15) is 0 Å². The Bertz CT molecular complexity index is 844. The molecule has 2 aromatic heterocycles. The second kappa shape index (κ2) is 5.46. The number of aromatic nitrogens is 1. The van der Waals surface area contributed by atoms with Crippen LogP contribution in [0.5, 0.6) is 0 Å². The number of anilines is 2. The van der Waals surface area contributed by atoms with Crippen LogP contribution in [-0.4, -0.2) is 10.9 Å². The Hall–Kier alpha value is -1.92. The molecular weight excluding hydrogens is 350 g/mol. The molecule has 0 unspecified atom stereocenters. The molecule has 0 saturated carbocycles. The number of carbonyl (C=O) groups is 1. The number of nitrogens with two attached hydrogens (primary N) is 1. The topological polar surface area (TPSA) is 68.0 Å². The van der Waals surface area contributed by atoms with Crippen molar-refractivity contribution < 1.29 is 4.79 Å². The van der Waals surface area contributed by atoms with Crippen LogP contribution in [0, 0.1) is 6.92 Å². The molecule has 0 aliphatic rings. The van der Waals surface area contributed by atoms with Crippen molar-refractivity contribution in [3.8, 4) is 0 Å². The Morgan fingerprint density at radius 2 is 2.19 bits per heavy atom. The van der Waals surface area contributed by atoms with Gasteiger partial charge in [-0.15, -0.1) is 11.3 Å². The largest absolute Gasteiger partial charge is 0.397 e. The van der Waals surface area contributed by atoms with Crippen molar-refractivity contribution >= 4 is 54.6 Å². The van der Waals surface area contributed by atoms with Crippen molar-refractivity contribution in [3.05, 3.63) is 51.6 Å². The van der Waals surface area contributed by atoms with Crippen LogP contribution in [0.3, 0.4) is 0 Å². The summed E-state index contributed by atoms with van der Waals surface area (Å²) in [6.07, 6.45) is 3.35. The summed E-state index contributed by atoms with van der Waals surface area (Å²) in [5, 5.41) is 3.72. The zero-order chi connectivity index (χ0) is 15.0. The number of aryl methyl sites for hydroxylation is 1. The summed E-state index contributed by atoms with van der Waals surface area (Å²) in [5.74, 6) is -0.215. The van der Waals surface area contributed by atoms with E-state index in [2.05, 4.69) is 26.2 Å². The molecule has 1 aromatic carbocycles. The average molecular weight is 362 g/mol. The molecule has 21 heavy (non-hydrogen) atoms. The first kappa shape index (κ1) is 14.0. The molecule has 6 heteroatoms. The Kier molecular flexibility index (Phi) is 3.65. The van der Waals surface area contributed by atoms with Crippen LogP contribution in [0.1, 0.15) is 15.2 Å². The number of nitrogen functional groups attached to an aromatic ring is 1. The van der Waals surface area contributed by atoms with Gasteiger partial charge in [0.05, 0.1) is 17.6 Å². The summed E-state index contributed by atoms with van der Waals surface area (Å²) in [4.78, 5) is 17.0. The van der Waals surface area contributed by atoms with Gasteiger partial charge in [0.1, 0.15) is 4.88 Å². The predicted molar refractivity (Wildman–Crippen MR) is 90.9 cm³/mol. The number of hydrogen-bond donors (Lipinski definition) is 2. The van der Waals surface area contributed by atoms with Gasteiger partial charge in [-0.3, -0.25) is 9.78 Å². The number of carbonyl (C=O) groups excluding carboxylic acids is 1. The van der Waals surface area contributed by atoms with E-state index in [0.717, 1.165) is 20.1 Å². The van der Waals surface area contributed by atoms with Crippen molar-refractivity contribution in [1.29, 1.82) is 0 Å². The number of rotatable bonds is 2. The second-order valence-corrected chi connectivity index (χ2v) is 6.57. The van der Waals surface area contributed by atoms with Crippen LogP contribution >= 0.6 is 27.3 Å².